The largest absolute Gasteiger partial charge is 0.382 e. The zero-order valence-corrected chi connectivity index (χ0v) is 17.6. The van der Waals surface area contributed by atoms with E-state index in [0.29, 0.717) is 28.1 Å². The molecule has 8 nitrogen and oxygen atoms in total. The second-order valence-corrected chi connectivity index (χ2v) is 7.93. The molecule has 3 aromatic rings. The number of hydrogen-bond acceptors (Lipinski definition) is 6. The van der Waals surface area contributed by atoms with Crippen molar-refractivity contribution in [2.24, 2.45) is 0 Å². The third kappa shape index (κ3) is 4.94. The summed E-state index contributed by atoms with van der Waals surface area (Å²) in [5, 5.41) is 19.6. The molecule has 2 N–H and O–H groups in total. The summed E-state index contributed by atoms with van der Waals surface area (Å²) in [6, 6.07) is 5.32. The van der Waals surface area contributed by atoms with E-state index in [1.807, 2.05) is 19.9 Å². The number of alkyl halides is 2. The highest BCUT2D eigenvalue weighted by atomic mass is 19.2. The SMILES string of the molecule is CC(C)Nc1cc(-n2ncc3cc(C#N)cnc32)ncc1C(=O)NC[C@@H](F)C(C)(C)F. The van der Waals surface area contributed by atoms with Gasteiger partial charge in [-0.05, 0) is 33.8 Å². The number of pyridine rings is 2. The van der Waals surface area contributed by atoms with Crippen LogP contribution in [0.5, 0.6) is 0 Å². The molecule has 0 aliphatic rings. The summed E-state index contributed by atoms with van der Waals surface area (Å²) >= 11 is 0. The number of hydrogen-bond donors (Lipinski definition) is 2. The quantitative estimate of drug-likeness (QED) is 0.599. The van der Waals surface area contributed by atoms with Gasteiger partial charge in [0.05, 0.1) is 29.6 Å². The molecule has 0 saturated heterocycles. The molecule has 0 aliphatic heterocycles. The number of nitrogens with zero attached hydrogens (tertiary/aromatic N) is 5. The van der Waals surface area contributed by atoms with E-state index >= 15 is 0 Å². The first kappa shape index (κ1) is 22.1. The third-order valence-electron chi connectivity index (χ3n) is 4.52. The molecule has 0 aliphatic carbocycles. The number of anilines is 1. The fourth-order valence-corrected chi connectivity index (χ4v) is 2.84. The van der Waals surface area contributed by atoms with Crippen LogP contribution in [0.2, 0.25) is 0 Å². The van der Waals surface area contributed by atoms with Crippen molar-refractivity contribution in [3.8, 4) is 11.9 Å². The molecule has 3 aromatic heterocycles. The molecule has 3 heterocycles. The van der Waals surface area contributed by atoms with Crippen LogP contribution in [-0.4, -0.2) is 50.1 Å². The number of rotatable bonds is 7. The number of carbonyl (C=O) groups is 1. The van der Waals surface area contributed by atoms with Gasteiger partial charge in [-0.1, -0.05) is 0 Å². The maximum Gasteiger partial charge on any atom is 0.255 e. The third-order valence-corrected chi connectivity index (χ3v) is 4.52. The number of nitriles is 1. The van der Waals surface area contributed by atoms with E-state index in [-0.39, 0.29) is 11.6 Å². The van der Waals surface area contributed by atoms with Gasteiger partial charge in [0.25, 0.3) is 5.91 Å². The second kappa shape index (κ2) is 8.63. The second-order valence-electron chi connectivity index (χ2n) is 7.93. The predicted molar refractivity (Wildman–Crippen MR) is 113 cm³/mol. The van der Waals surface area contributed by atoms with Gasteiger partial charge in [-0.3, -0.25) is 4.79 Å². The molecule has 1 atom stereocenters. The Morgan fingerprint density at radius 3 is 2.65 bits per heavy atom. The van der Waals surface area contributed by atoms with E-state index in [1.54, 1.807) is 18.3 Å². The summed E-state index contributed by atoms with van der Waals surface area (Å²) in [6.07, 6.45) is 2.52. The Morgan fingerprint density at radius 2 is 2.00 bits per heavy atom. The van der Waals surface area contributed by atoms with Crippen molar-refractivity contribution >= 4 is 22.6 Å². The Bertz CT molecular complexity index is 1140. The molecule has 0 bridgehead atoms. The Balaban J connectivity index is 1.93. The molecule has 3 rings (SSSR count). The van der Waals surface area contributed by atoms with Crippen molar-refractivity contribution in [2.45, 2.75) is 45.6 Å². The molecular formula is C21H23F2N7O. The number of halogens is 2. The predicted octanol–water partition coefficient (Wildman–Crippen LogP) is 3.32. The number of fused-ring (bicyclic) bond motifs is 1. The first-order valence-corrected chi connectivity index (χ1v) is 9.72. The molecule has 0 aromatic carbocycles. The fourth-order valence-electron chi connectivity index (χ4n) is 2.84. The number of carbonyl (C=O) groups excluding carboxylic acids is 1. The number of amides is 1. The Hall–Kier alpha value is -3.61. The highest BCUT2D eigenvalue weighted by Crippen LogP contribution is 2.23. The van der Waals surface area contributed by atoms with Crippen LogP contribution in [0.4, 0.5) is 14.5 Å². The fraction of sp³-hybridized carbons (Fsp3) is 0.381. The Labute approximate surface area is 178 Å². The van der Waals surface area contributed by atoms with E-state index in [1.165, 1.54) is 17.1 Å². The van der Waals surface area contributed by atoms with Gasteiger partial charge in [0.1, 0.15) is 11.7 Å². The smallest absolute Gasteiger partial charge is 0.255 e. The summed E-state index contributed by atoms with van der Waals surface area (Å²) in [4.78, 5) is 21.2. The average molecular weight is 427 g/mol. The maximum atomic E-state index is 13.9. The van der Waals surface area contributed by atoms with Crippen molar-refractivity contribution in [3.05, 3.63) is 41.9 Å². The normalized spacial score (nSPS) is 12.6. The van der Waals surface area contributed by atoms with E-state index in [4.69, 9.17) is 5.26 Å². The van der Waals surface area contributed by atoms with Crippen molar-refractivity contribution < 1.29 is 13.6 Å². The van der Waals surface area contributed by atoms with Gasteiger partial charge >= 0.3 is 0 Å². The lowest BCUT2D eigenvalue weighted by atomic mass is 10.1. The molecule has 0 spiro atoms. The van der Waals surface area contributed by atoms with E-state index < -0.39 is 24.3 Å². The van der Waals surface area contributed by atoms with E-state index in [9.17, 15) is 13.6 Å². The molecule has 10 heteroatoms. The van der Waals surface area contributed by atoms with Crippen molar-refractivity contribution in [1.29, 1.82) is 5.26 Å². The molecule has 0 unspecified atom stereocenters. The average Bonchev–Trinajstić information content (AvgIpc) is 3.13. The van der Waals surface area contributed by atoms with Crippen LogP contribution < -0.4 is 10.6 Å². The molecule has 0 fully saturated rings. The molecule has 1 amide bonds. The van der Waals surface area contributed by atoms with Crippen LogP contribution in [0, 0.1) is 11.3 Å². The van der Waals surface area contributed by atoms with Gasteiger partial charge in [-0.15, -0.1) is 0 Å². The van der Waals surface area contributed by atoms with Gasteiger partial charge in [0.2, 0.25) is 0 Å². The van der Waals surface area contributed by atoms with Crippen LogP contribution >= 0.6 is 0 Å². The standard InChI is InChI=1S/C21H23F2N7O/c1-12(2)29-16-6-18(30-19-14(9-28-30)5-13(7-24)8-26-19)25-10-15(16)20(31)27-11-17(22)21(3,4)23/h5-6,8-10,12,17H,11H2,1-4H3,(H,25,29)(H,27,31)/t17-/m1/s1. The van der Waals surface area contributed by atoms with E-state index in [0.717, 1.165) is 13.8 Å². The van der Waals surface area contributed by atoms with Crippen LogP contribution in [0.15, 0.2) is 30.7 Å². The Morgan fingerprint density at radius 1 is 1.26 bits per heavy atom. The maximum absolute atomic E-state index is 13.9. The Kier molecular flexibility index (Phi) is 6.15. The number of aromatic nitrogens is 4. The molecule has 0 radical (unpaired) electrons. The van der Waals surface area contributed by atoms with Gasteiger partial charge < -0.3 is 10.6 Å². The lowest BCUT2D eigenvalue weighted by molar-refractivity contribution is 0.0759. The minimum absolute atomic E-state index is 0.00817. The van der Waals surface area contributed by atoms with Crippen LogP contribution in [-0.2, 0) is 0 Å². The summed E-state index contributed by atoms with van der Waals surface area (Å²) < 4.78 is 29.1. The van der Waals surface area contributed by atoms with Crippen LogP contribution in [0.25, 0.3) is 16.9 Å². The lowest BCUT2D eigenvalue weighted by Crippen LogP contribution is -2.39. The van der Waals surface area contributed by atoms with Crippen molar-refractivity contribution in [3.63, 3.8) is 0 Å². The minimum Gasteiger partial charge on any atom is -0.382 e. The zero-order chi connectivity index (χ0) is 22.8. The highest BCUT2D eigenvalue weighted by Gasteiger charge is 2.29. The van der Waals surface area contributed by atoms with Crippen molar-refractivity contribution in [2.75, 3.05) is 11.9 Å². The minimum atomic E-state index is -2.06. The van der Waals surface area contributed by atoms with E-state index in [2.05, 4.69) is 25.7 Å². The van der Waals surface area contributed by atoms with Crippen LogP contribution in [0.3, 0.4) is 0 Å². The molecule has 31 heavy (non-hydrogen) atoms. The van der Waals surface area contributed by atoms with Gasteiger partial charge in [-0.2, -0.15) is 15.0 Å². The summed E-state index contributed by atoms with van der Waals surface area (Å²) in [7, 11) is 0. The molecular weight excluding hydrogens is 404 g/mol. The molecule has 162 valence electrons. The first-order valence-electron chi connectivity index (χ1n) is 9.72. The summed E-state index contributed by atoms with van der Waals surface area (Å²) in [5.41, 5.74) is -0.489. The first-order chi connectivity index (χ1) is 14.6. The van der Waals surface area contributed by atoms with Gasteiger partial charge in [0.15, 0.2) is 17.6 Å². The van der Waals surface area contributed by atoms with Crippen molar-refractivity contribution in [1.82, 2.24) is 25.1 Å². The summed E-state index contributed by atoms with van der Waals surface area (Å²) in [6.45, 7) is 5.58. The highest BCUT2D eigenvalue weighted by molar-refractivity contribution is 5.99. The van der Waals surface area contributed by atoms with Crippen LogP contribution in [0.1, 0.15) is 43.6 Å². The lowest BCUT2D eigenvalue weighted by Gasteiger charge is -2.20. The van der Waals surface area contributed by atoms with Gasteiger partial charge in [-0.25, -0.2) is 18.7 Å². The summed E-state index contributed by atoms with van der Waals surface area (Å²) in [5.74, 6) is -0.170. The monoisotopic (exact) mass is 427 g/mol. The molecule has 0 saturated carbocycles. The zero-order valence-electron chi connectivity index (χ0n) is 17.6. The van der Waals surface area contributed by atoms with Gasteiger partial charge in [0, 0.05) is 29.9 Å². The topological polar surface area (TPSA) is 109 Å². The number of nitrogens with one attached hydrogen (secondary N) is 2.